The number of nitrogens with zero attached hydrogens (tertiary/aromatic N) is 4. The number of piperidine rings is 1. The summed E-state index contributed by atoms with van der Waals surface area (Å²) in [6.07, 6.45) is 8.39. The van der Waals surface area contributed by atoms with Crippen molar-refractivity contribution in [2.75, 3.05) is 58.9 Å². The van der Waals surface area contributed by atoms with E-state index in [2.05, 4.69) is 22.0 Å². The lowest BCUT2D eigenvalue weighted by atomic mass is 10.1. The molecular weight excluding hydrogens is 366 g/mol. The molecule has 3 rings (SSSR count). The maximum absolute atomic E-state index is 12.5. The third-order valence-electron chi connectivity index (χ3n) is 5.75. The van der Waals surface area contributed by atoms with Gasteiger partial charge in [0.25, 0.3) is 0 Å². The van der Waals surface area contributed by atoms with Crippen LogP contribution < -0.4 is 5.32 Å². The van der Waals surface area contributed by atoms with Crippen LogP contribution in [-0.4, -0.2) is 85.5 Å². The Balaban J connectivity index is 1.45. The molecule has 7 nitrogen and oxygen atoms in total. The van der Waals surface area contributed by atoms with Crippen LogP contribution in [0, 0.1) is 0 Å². The lowest BCUT2D eigenvalue weighted by Crippen LogP contribution is -2.54. The fourth-order valence-electron chi connectivity index (χ4n) is 3.92. The Hall–Kier alpha value is -2.02. The lowest BCUT2D eigenvalue weighted by molar-refractivity contribution is -0.133. The van der Waals surface area contributed by atoms with Gasteiger partial charge in [-0.25, -0.2) is 0 Å². The number of rotatable bonds is 8. The number of hydrogen-bond donors (Lipinski definition) is 1. The molecule has 2 fully saturated rings. The fraction of sp³-hybridized carbons (Fsp3) is 0.727. The molecular formula is C22H37N5O2. The van der Waals surface area contributed by atoms with E-state index in [-0.39, 0.29) is 0 Å². The van der Waals surface area contributed by atoms with Gasteiger partial charge in [0, 0.05) is 58.8 Å². The Labute approximate surface area is 175 Å². The van der Waals surface area contributed by atoms with Gasteiger partial charge in [-0.05, 0) is 37.8 Å². The van der Waals surface area contributed by atoms with E-state index in [1.165, 1.54) is 6.42 Å². The number of guanidine groups is 1. The van der Waals surface area contributed by atoms with Crippen LogP contribution in [0.2, 0.25) is 0 Å². The molecule has 0 unspecified atom stereocenters. The second-order valence-corrected chi connectivity index (χ2v) is 8.02. The predicted octanol–water partition coefficient (Wildman–Crippen LogP) is 2.20. The van der Waals surface area contributed by atoms with Crippen molar-refractivity contribution in [2.24, 2.45) is 4.99 Å². The summed E-state index contributed by atoms with van der Waals surface area (Å²) in [6, 6.07) is 3.93. The minimum absolute atomic E-state index is 0.298. The maximum atomic E-state index is 12.5. The van der Waals surface area contributed by atoms with Crippen LogP contribution in [0.25, 0.3) is 0 Å². The zero-order valence-corrected chi connectivity index (χ0v) is 17.9. The molecule has 2 saturated heterocycles. The van der Waals surface area contributed by atoms with Crippen LogP contribution in [0.15, 0.2) is 27.8 Å². The first-order valence-corrected chi connectivity index (χ1v) is 11.3. The SMILES string of the molecule is CCCCN=C(NCCc1ccco1)N1CCN(CC(=O)N2CCCCC2)CC1. The molecule has 29 heavy (non-hydrogen) atoms. The molecule has 1 aromatic heterocycles. The minimum Gasteiger partial charge on any atom is -0.469 e. The summed E-state index contributed by atoms with van der Waals surface area (Å²) in [5.41, 5.74) is 0. The van der Waals surface area contributed by atoms with Gasteiger partial charge in [-0.1, -0.05) is 13.3 Å². The van der Waals surface area contributed by atoms with E-state index in [0.29, 0.717) is 12.5 Å². The van der Waals surface area contributed by atoms with E-state index >= 15 is 0 Å². The van der Waals surface area contributed by atoms with Crippen LogP contribution in [0.5, 0.6) is 0 Å². The summed E-state index contributed by atoms with van der Waals surface area (Å²) >= 11 is 0. The second-order valence-electron chi connectivity index (χ2n) is 8.02. The first-order chi connectivity index (χ1) is 14.3. The van der Waals surface area contributed by atoms with Crippen molar-refractivity contribution >= 4 is 11.9 Å². The second kappa shape index (κ2) is 11.9. The molecule has 0 aliphatic carbocycles. The van der Waals surface area contributed by atoms with E-state index in [1.807, 2.05) is 17.0 Å². The topological polar surface area (TPSA) is 64.3 Å². The molecule has 0 aromatic carbocycles. The Bertz CT molecular complexity index is 617. The van der Waals surface area contributed by atoms with E-state index in [0.717, 1.165) is 96.2 Å². The largest absolute Gasteiger partial charge is 0.469 e. The first kappa shape index (κ1) is 21.7. The molecule has 7 heteroatoms. The number of piperazine rings is 1. The number of carbonyl (C=O) groups is 1. The number of aliphatic imine (C=N–C) groups is 1. The molecule has 1 N–H and O–H groups in total. The molecule has 0 radical (unpaired) electrons. The fourth-order valence-corrected chi connectivity index (χ4v) is 3.92. The average molecular weight is 404 g/mol. The monoisotopic (exact) mass is 403 g/mol. The van der Waals surface area contributed by atoms with Gasteiger partial charge in [-0.15, -0.1) is 0 Å². The van der Waals surface area contributed by atoms with Crippen molar-refractivity contribution in [3.63, 3.8) is 0 Å². The normalized spacial score (nSPS) is 18.9. The summed E-state index contributed by atoms with van der Waals surface area (Å²) < 4.78 is 5.42. The van der Waals surface area contributed by atoms with Gasteiger partial charge in [-0.2, -0.15) is 0 Å². The van der Waals surface area contributed by atoms with Crippen LogP contribution in [-0.2, 0) is 11.2 Å². The zero-order chi connectivity index (χ0) is 20.3. The van der Waals surface area contributed by atoms with Crippen LogP contribution in [0.1, 0.15) is 44.8 Å². The van der Waals surface area contributed by atoms with Crippen molar-refractivity contribution in [3.8, 4) is 0 Å². The maximum Gasteiger partial charge on any atom is 0.236 e. The molecule has 1 amide bonds. The van der Waals surface area contributed by atoms with Crippen molar-refractivity contribution in [3.05, 3.63) is 24.2 Å². The predicted molar refractivity (Wildman–Crippen MR) is 116 cm³/mol. The van der Waals surface area contributed by atoms with Crippen molar-refractivity contribution < 1.29 is 9.21 Å². The quantitative estimate of drug-likeness (QED) is 0.410. The number of furan rings is 1. The van der Waals surface area contributed by atoms with E-state index in [1.54, 1.807) is 6.26 Å². The van der Waals surface area contributed by atoms with Crippen molar-refractivity contribution in [2.45, 2.75) is 45.4 Å². The van der Waals surface area contributed by atoms with Crippen LogP contribution in [0.4, 0.5) is 0 Å². The average Bonchev–Trinajstić information content (AvgIpc) is 3.27. The number of hydrogen-bond acceptors (Lipinski definition) is 4. The van der Waals surface area contributed by atoms with Crippen LogP contribution in [0.3, 0.4) is 0 Å². The summed E-state index contributed by atoms with van der Waals surface area (Å²) in [5, 5.41) is 3.52. The number of carbonyl (C=O) groups excluding carboxylic acids is 1. The number of unbranched alkanes of at least 4 members (excludes halogenated alkanes) is 1. The molecule has 0 saturated carbocycles. The Kier molecular flexibility index (Phi) is 8.86. The number of amides is 1. The highest BCUT2D eigenvalue weighted by Gasteiger charge is 2.24. The Morgan fingerprint density at radius 3 is 2.59 bits per heavy atom. The molecule has 3 heterocycles. The smallest absolute Gasteiger partial charge is 0.236 e. The number of nitrogens with one attached hydrogen (secondary N) is 1. The summed E-state index contributed by atoms with van der Waals surface area (Å²) in [6.45, 7) is 9.93. The third-order valence-corrected chi connectivity index (χ3v) is 5.75. The summed E-state index contributed by atoms with van der Waals surface area (Å²) in [4.78, 5) is 24.0. The highest BCUT2D eigenvalue weighted by Crippen LogP contribution is 2.10. The van der Waals surface area contributed by atoms with Gasteiger partial charge in [0.05, 0.1) is 12.8 Å². The standard InChI is InChI=1S/C22H37N5O2/c1-2-3-10-23-22(24-11-9-20-8-7-18-29-20)27-16-14-25(15-17-27)19-21(28)26-12-5-4-6-13-26/h7-8,18H,2-6,9-17,19H2,1H3,(H,23,24). The Morgan fingerprint density at radius 2 is 1.90 bits per heavy atom. The molecule has 162 valence electrons. The van der Waals surface area contributed by atoms with Crippen LogP contribution >= 0.6 is 0 Å². The van der Waals surface area contributed by atoms with E-state index < -0.39 is 0 Å². The highest BCUT2D eigenvalue weighted by molar-refractivity contribution is 5.80. The molecule has 1 aromatic rings. The molecule has 0 spiro atoms. The van der Waals surface area contributed by atoms with Gasteiger partial charge in [0.2, 0.25) is 5.91 Å². The lowest BCUT2D eigenvalue weighted by Gasteiger charge is -2.37. The van der Waals surface area contributed by atoms with Crippen molar-refractivity contribution in [1.82, 2.24) is 20.0 Å². The van der Waals surface area contributed by atoms with Gasteiger partial charge in [-0.3, -0.25) is 14.7 Å². The molecule has 2 aliphatic heterocycles. The van der Waals surface area contributed by atoms with Gasteiger partial charge >= 0.3 is 0 Å². The number of likely N-dealkylation sites (tertiary alicyclic amines) is 1. The highest BCUT2D eigenvalue weighted by atomic mass is 16.3. The van der Waals surface area contributed by atoms with Crippen molar-refractivity contribution in [1.29, 1.82) is 0 Å². The molecule has 0 atom stereocenters. The first-order valence-electron chi connectivity index (χ1n) is 11.3. The summed E-state index contributed by atoms with van der Waals surface area (Å²) in [5.74, 6) is 2.28. The third kappa shape index (κ3) is 7.07. The van der Waals surface area contributed by atoms with E-state index in [9.17, 15) is 4.79 Å². The van der Waals surface area contributed by atoms with Gasteiger partial charge in [0.1, 0.15) is 5.76 Å². The Morgan fingerprint density at radius 1 is 1.10 bits per heavy atom. The summed E-state index contributed by atoms with van der Waals surface area (Å²) in [7, 11) is 0. The zero-order valence-electron chi connectivity index (χ0n) is 17.9. The molecule has 0 bridgehead atoms. The minimum atomic E-state index is 0.298. The van der Waals surface area contributed by atoms with E-state index in [4.69, 9.17) is 9.41 Å². The van der Waals surface area contributed by atoms with Gasteiger partial charge in [0.15, 0.2) is 5.96 Å². The van der Waals surface area contributed by atoms with Gasteiger partial charge < -0.3 is 19.5 Å². The molecule has 2 aliphatic rings.